The average Bonchev–Trinajstić information content (AvgIpc) is 1.80. The Kier molecular flexibility index (Phi) is 1.47. The number of dihydropyridines is 1. The maximum atomic E-state index is 10.7. The first-order chi connectivity index (χ1) is 4.20. The van der Waals surface area contributed by atoms with Crippen LogP contribution in [-0.2, 0) is 4.79 Å². The van der Waals surface area contributed by atoms with Gasteiger partial charge in [-0.25, -0.2) is 4.99 Å². The van der Waals surface area contributed by atoms with Crippen molar-refractivity contribution in [3.8, 4) is 0 Å². The molecule has 1 amide bonds. The average molecular weight is 123 g/mol. The molecule has 0 aliphatic carbocycles. The monoisotopic (exact) mass is 123 g/mol. The molecule has 0 spiro atoms. The fourth-order valence-corrected chi connectivity index (χ4v) is 0.796. The van der Waals surface area contributed by atoms with E-state index < -0.39 is 0 Å². The molecule has 0 N–H and O–H groups in total. The zero-order chi connectivity index (χ0) is 6.85. The third-order valence-corrected chi connectivity index (χ3v) is 1.28. The number of allylic oxidation sites excluding steroid dienone is 1. The minimum absolute atomic E-state index is 0.104. The molecule has 0 aromatic carbocycles. The Morgan fingerprint density at radius 1 is 1.67 bits per heavy atom. The Morgan fingerprint density at radius 3 is 2.78 bits per heavy atom. The minimum atomic E-state index is -0.104. The van der Waals surface area contributed by atoms with E-state index in [1.165, 1.54) is 0 Å². The molecule has 1 rings (SSSR count). The van der Waals surface area contributed by atoms with Crippen LogP contribution in [0.4, 0.5) is 0 Å². The molecule has 2 heteroatoms. The van der Waals surface area contributed by atoms with Crippen LogP contribution in [0.5, 0.6) is 0 Å². The summed E-state index contributed by atoms with van der Waals surface area (Å²) in [5, 5.41) is 0. The zero-order valence-electron chi connectivity index (χ0n) is 5.59. The fourth-order valence-electron chi connectivity index (χ4n) is 0.796. The van der Waals surface area contributed by atoms with E-state index >= 15 is 0 Å². The molecule has 1 aliphatic rings. The van der Waals surface area contributed by atoms with Crippen LogP contribution < -0.4 is 0 Å². The largest absolute Gasteiger partial charge is 0.271 e. The molecule has 0 saturated heterocycles. The summed E-state index contributed by atoms with van der Waals surface area (Å²) in [6.07, 6.45) is 3.57. The van der Waals surface area contributed by atoms with Gasteiger partial charge in [-0.15, -0.1) is 0 Å². The lowest BCUT2D eigenvalue weighted by molar-refractivity contribution is -0.114. The molecular formula is C7H9NO. The summed E-state index contributed by atoms with van der Waals surface area (Å²) in [4.78, 5) is 14.3. The van der Waals surface area contributed by atoms with E-state index in [0.717, 1.165) is 5.57 Å². The molecule has 1 atom stereocenters. The Hall–Kier alpha value is -0.920. The van der Waals surface area contributed by atoms with Crippen molar-refractivity contribution < 1.29 is 4.79 Å². The Balaban J connectivity index is 2.82. The maximum absolute atomic E-state index is 10.7. The SMILES string of the molecule is CC1=CC(C)C=NC1=O. The third-order valence-electron chi connectivity index (χ3n) is 1.28. The normalized spacial score (nSPS) is 26.2. The molecule has 1 heterocycles. The van der Waals surface area contributed by atoms with Gasteiger partial charge >= 0.3 is 0 Å². The quantitative estimate of drug-likeness (QED) is 0.475. The smallest absolute Gasteiger partial charge is 0.267 e. The molecule has 1 aliphatic heterocycles. The van der Waals surface area contributed by atoms with Gasteiger partial charge in [0.15, 0.2) is 0 Å². The predicted octanol–water partition coefficient (Wildman–Crippen LogP) is 1.18. The van der Waals surface area contributed by atoms with Crippen molar-refractivity contribution in [3.63, 3.8) is 0 Å². The van der Waals surface area contributed by atoms with Crippen molar-refractivity contribution in [1.82, 2.24) is 0 Å². The highest BCUT2D eigenvalue weighted by Gasteiger charge is 2.07. The first kappa shape index (κ1) is 6.20. The van der Waals surface area contributed by atoms with E-state index in [1.54, 1.807) is 13.1 Å². The second-order valence-electron chi connectivity index (χ2n) is 2.29. The summed E-state index contributed by atoms with van der Waals surface area (Å²) in [5.74, 6) is 0.218. The van der Waals surface area contributed by atoms with Crippen molar-refractivity contribution in [2.75, 3.05) is 0 Å². The Bertz CT molecular complexity index is 191. The van der Waals surface area contributed by atoms with Crippen LogP contribution in [0, 0.1) is 5.92 Å². The van der Waals surface area contributed by atoms with Gasteiger partial charge in [0.1, 0.15) is 0 Å². The van der Waals surface area contributed by atoms with E-state index in [9.17, 15) is 4.79 Å². The molecule has 0 radical (unpaired) electrons. The van der Waals surface area contributed by atoms with Crippen LogP contribution in [0.3, 0.4) is 0 Å². The molecule has 0 bridgehead atoms. The Labute approximate surface area is 54.3 Å². The summed E-state index contributed by atoms with van der Waals surface area (Å²) in [7, 11) is 0. The zero-order valence-corrected chi connectivity index (χ0v) is 5.59. The van der Waals surface area contributed by atoms with Gasteiger partial charge < -0.3 is 0 Å². The lowest BCUT2D eigenvalue weighted by Gasteiger charge is -2.04. The van der Waals surface area contributed by atoms with Crippen molar-refractivity contribution in [1.29, 1.82) is 0 Å². The second-order valence-corrected chi connectivity index (χ2v) is 2.29. The van der Waals surface area contributed by atoms with Crippen LogP contribution in [0.1, 0.15) is 13.8 Å². The first-order valence-corrected chi connectivity index (χ1v) is 2.97. The highest BCUT2D eigenvalue weighted by atomic mass is 16.1. The van der Waals surface area contributed by atoms with Crippen LogP contribution in [0.25, 0.3) is 0 Å². The number of carbonyl (C=O) groups is 1. The topological polar surface area (TPSA) is 29.4 Å². The molecule has 2 nitrogen and oxygen atoms in total. The number of aliphatic imine (C=N–C) groups is 1. The molecule has 0 saturated carbocycles. The van der Waals surface area contributed by atoms with Gasteiger partial charge in [-0.2, -0.15) is 0 Å². The first-order valence-electron chi connectivity index (χ1n) is 2.97. The van der Waals surface area contributed by atoms with Gasteiger partial charge in [-0.05, 0) is 6.92 Å². The lowest BCUT2D eigenvalue weighted by atomic mass is 10.1. The summed E-state index contributed by atoms with van der Waals surface area (Å²) in [6, 6.07) is 0. The molecule has 48 valence electrons. The number of carbonyl (C=O) groups excluding carboxylic acids is 1. The minimum Gasteiger partial charge on any atom is -0.267 e. The fraction of sp³-hybridized carbons (Fsp3) is 0.429. The number of amides is 1. The van der Waals surface area contributed by atoms with Gasteiger partial charge in [-0.3, -0.25) is 4.79 Å². The molecule has 0 aromatic rings. The molecular weight excluding hydrogens is 114 g/mol. The van der Waals surface area contributed by atoms with Gasteiger partial charge in [0.05, 0.1) is 0 Å². The number of nitrogens with zero attached hydrogens (tertiary/aromatic N) is 1. The summed E-state index contributed by atoms with van der Waals surface area (Å²) in [5.41, 5.74) is 0.755. The second kappa shape index (κ2) is 2.13. The summed E-state index contributed by atoms with van der Waals surface area (Å²) < 4.78 is 0. The van der Waals surface area contributed by atoms with Gasteiger partial charge in [0, 0.05) is 17.7 Å². The van der Waals surface area contributed by atoms with Crippen molar-refractivity contribution >= 4 is 12.1 Å². The lowest BCUT2D eigenvalue weighted by Crippen LogP contribution is -2.06. The molecule has 0 fully saturated rings. The van der Waals surface area contributed by atoms with E-state index in [1.807, 2.05) is 13.0 Å². The standard InChI is InChI=1S/C7H9NO/c1-5-3-6(2)7(9)8-4-5/h3-5H,1-2H3. The summed E-state index contributed by atoms with van der Waals surface area (Å²) >= 11 is 0. The van der Waals surface area contributed by atoms with Crippen molar-refractivity contribution in [2.45, 2.75) is 13.8 Å². The number of hydrogen-bond acceptors (Lipinski definition) is 1. The van der Waals surface area contributed by atoms with E-state index in [-0.39, 0.29) is 5.91 Å². The van der Waals surface area contributed by atoms with Gasteiger partial charge in [0.2, 0.25) is 0 Å². The van der Waals surface area contributed by atoms with Crippen molar-refractivity contribution in [2.24, 2.45) is 10.9 Å². The van der Waals surface area contributed by atoms with E-state index in [0.29, 0.717) is 5.92 Å². The molecule has 9 heavy (non-hydrogen) atoms. The summed E-state index contributed by atoms with van der Waals surface area (Å²) in [6.45, 7) is 3.79. The van der Waals surface area contributed by atoms with Gasteiger partial charge in [0.25, 0.3) is 5.91 Å². The predicted molar refractivity (Wildman–Crippen MR) is 36.4 cm³/mol. The van der Waals surface area contributed by atoms with E-state index in [2.05, 4.69) is 4.99 Å². The van der Waals surface area contributed by atoms with Gasteiger partial charge in [-0.1, -0.05) is 13.0 Å². The highest BCUT2D eigenvalue weighted by Crippen LogP contribution is 2.07. The third kappa shape index (κ3) is 1.25. The van der Waals surface area contributed by atoms with E-state index in [4.69, 9.17) is 0 Å². The maximum Gasteiger partial charge on any atom is 0.271 e. The number of rotatable bonds is 0. The molecule has 1 unspecified atom stereocenters. The highest BCUT2D eigenvalue weighted by molar-refractivity contribution is 6.00. The van der Waals surface area contributed by atoms with Crippen LogP contribution in [0.15, 0.2) is 16.6 Å². The van der Waals surface area contributed by atoms with Crippen LogP contribution in [0.2, 0.25) is 0 Å². The van der Waals surface area contributed by atoms with Crippen LogP contribution >= 0.6 is 0 Å². The Morgan fingerprint density at radius 2 is 2.33 bits per heavy atom. The molecule has 0 aromatic heterocycles. The van der Waals surface area contributed by atoms with Crippen LogP contribution in [-0.4, -0.2) is 12.1 Å². The number of hydrogen-bond donors (Lipinski definition) is 0. The van der Waals surface area contributed by atoms with Crippen molar-refractivity contribution in [3.05, 3.63) is 11.6 Å².